The van der Waals surface area contributed by atoms with Crippen LogP contribution in [0.25, 0.3) is 0 Å². The molecule has 1 aromatic heterocycles. The van der Waals surface area contributed by atoms with Crippen molar-refractivity contribution < 1.29 is 5.11 Å². The summed E-state index contributed by atoms with van der Waals surface area (Å²) in [5, 5.41) is 12.6. The first-order valence-corrected chi connectivity index (χ1v) is 6.89. The van der Waals surface area contributed by atoms with Gasteiger partial charge in [0.1, 0.15) is 0 Å². The minimum Gasteiger partial charge on any atom is -0.388 e. The molecule has 0 saturated heterocycles. The fraction of sp³-hybridized carbons (Fsp3) is 0.286. The van der Waals surface area contributed by atoms with Gasteiger partial charge < -0.3 is 5.11 Å². The minimum atomic E-state index is -0.456. The van der Waals surface area contributed by atoms with E-state index in [1.54, 1.807) is 0 Å². The zero-order chi connectivity index (χ0) is 12.3. The Kier molecular flexibility index (Phi) is 4.21. The molecule has 1 nitrogen and oxygen atoms in total. The summed E-state index contributed by atoms with van der Waals surface area (Å²) in [6.07, 6.45) is 1.13. The standard InChI is InChI=1S/C14H15ClOS/c1-10-3-2-4-11(9-10)5-6-13(16)14-12(15)7-8-17-14/h2-4,7-9,13,16H,5-6H2,1H3. The maximum Gasteiger partial charge on any atom is 0.0900 e. The number of aryl methyl sites for hydroxylation is 2. The number of hydrogen-bond donors (Lipinski definition) is 1. The van der Waals surface area contributed by atoms with Crippen molar-refractivity contribution in [1.29, 1.82) is 0 Å². The molecule has 0 saturated carbocycles. The molecule has 2 aromatic rings. The summed E-state index contributed by atoms with van der Waals surface area (Å²) in [4.78, 5) is 0.874. The molecule has 90 valence electrons. The van der Waals surface area contributed by atoms with Crippen molar-refractivity contribution in [2.45, 2.75) is 25.9 Å². The van der Waals surface area contributed by atoms with Crippen LogP contribution in [-0.2, 0) is 6.42 Å². The number of halogens is 1. The van der Waals surface area contributed by atoms with Crippen LogP contribution in [0.1, 0.15) is 28.5 Å². The highest BCUT2D eigenvalue weighted by Gasteiger charge is 2.12. The largest absolute Gasteiger partial charge is 0.388 e. The zero-order valence-electron chi connectivity index (χ0n) is 9.69. The monoisotopic (exact) mass is 266 g/mol. The molecule has 0 amide bonds. The third-order valence-corrected chi connectivity index (χ3v) is 4.20. The van der Waals surface area contributed by atoms with Crippen LogP contribution in [0.2, 0.25) is 5.02 Å². The topological polar surface area (TPSA) is 20.2 Å². The van der Waals surface area contributed by atoms with E-state index < -0.39 is 6.10 Å². The molecule has 1 N–H and O–H groups in total. The maximum atomic E-state index is 10.0. The fourth-order valence-electron chi connectivity index (χ4n) is 1.85. The molecule has 1 atom stereocenters. The Morgan fingerprint density at radius 2 is 2.18 bits per heavy atom. The molecule has 0 aliphatic carbocycles. The summed E-state index contributed by atoms with van der Waals surface area (Å²) >= 11 is 7.51. The van der Waals surface area contributed by atoms with Gasteiger partial charge in [0.05, 0.1) is 16.0 Å². The van der Waals surface area contributed by atoms with Crippen molar-refractivity contribution in [2.75, 3.05) is 0 Å². The molecule has 0 aliphatic rings. The molecular formula is C14H15ClOS. The lowest BCUT2D eigenvalue weighted by Crippen LogP contribution is -1.98. The van der Waals surface area contributed by atoms with Gasteiger partial charge in [-0.3, -0.25) is 0 Å². The Balaban J connectivity index is 1.97. The third kappa shape index (κ3) is 3.32. The summed E-state index contributed by atoms with van der Waals surface area (Å²) < 4.78 is 0. The second-order valence-corrected chi connectivity index (χ2v) is 5.53. The molecule has 0 aliphatic heterocycles. The molecule has 1 unspecified atom stereocenters. The quantitative estimate of drug-likeness (QED) is 0.871. The van der Waals surface area contributed by atoms with Gasteiger partial charge in [-0.25, -0.2) is 0 Å². The van der Waals surface area contributed by atoms with Crippen LogP contribution in [0.5, 0.6) is 0 Å². The summed E-state index contributed by atoms with van der Waals surface area (Å²) in [6.45, 7) is 2.08. The van der Waals surface area contributed by atoms with Gasteiger partial charge in [0, 0.05) is 0 Å². The van der Waals surface area contributed by atoms with Crippen LogP contribution in [0.15, 0.2) is 35.7 Å². The Labute approximate surface area is 111 Å². The van der Waals surface area contributed by atoms with Crippen LogP contribution < -0.4 is 0 Å². The van der Waals surface area contributed by atoms with Crippen molar-refractivity contribution in [3.05, 3.63) is 56.7 Å². The van der Waals surface area contributed by atoms with E-state index in [0.29, 0.717) is 11.4 Å². The van der Waals surface area contributed by atoms with E-state index in [0.717, 1.165) is 11.3 Å². The molecule has 0 radical (unpaired) electrons. The maximum absolute atomic E-state index is 10.0. The summed E-state index contributed by atoms with van der Waals surface area (Å²) in [6, 6.07) is 10.2. The van der Waals surface area contributed by atoms with Gasteiger partial charge >= 0.3 is 0 Å². The Morgan fingerprint density at radius 3 is 2.82 bits per heavy atom. The molecule has 0 fully saturated rings. The number of benzene rings is 1. The lowest BCUT2D eigenvalue weighted by atomic mass is 10.0. The SMILES string of the molecule is Cc1cccc(CCC(O)c2sccc2Cl)c1. The summed E-state index contributed by atoms with van der Waals surface area (Å²) in [5.74, 6) is 0. The predicted octanol–water partition coefficient (Wildman–Crippen LogP) is 4.38. The van der Waals surface area contributed by atoms with Crippen molar-refractivity contribution in [3.8, 4) is 0 Å². The van der Waals surface area contributed by atoms with Crippen molar-refractivity contribution in [1.82, 2.24) is 0 Å². The fourth-order valence-corrected chi connectivity index (χ4v) is 3.05. The van der Waals surface area contributed by atoms with E-state index in [9.17, 15) is 5.11 Å². The van der Waals surface area contributed by atoms with Crippen molar-refractivity contribution >= 4 is 22.9 Å². The highest BCUT2D eigenvalue weighted by atomic mass is 35.5. The Morgan fingerprint density at radius 1 is 1.35 bits per heavy atom. The van der Waals surface area contributed by atoms with E-state index in [4.69, 9.17) is 11.6 Å². The zero-order valence-corrected chi connectivity index (χ0v) is 11.3. The summed E-state index contributed by atoms with van der Waals surface area (Å²) in [7, 11) is 0. The molecule has 2 rings (SSSR count). The lowest BCUT2D eigenvalue weighted by molar-refractivity contribution is 0.171. The average Bonchev–Trinajstić information content (AvgIpc) is 2.72. The molecule has 3 heteroatoms. The number of rotatable bonds is 4. The van der Waals surface area contributed by atoms with Gasteiger partial charge in [0.15, 0.2) is 0 Å². The minimum absolute atomic E-state index is 0.456. The van der Waals surface area contributed by atoms with Gasteiger partial charge in [-0.1, -0.05) is 41.4 Å². The van der Waals surface area contributed by atoms with Crippen LogP contribution in [0.3, 0.4) is 0 Å². The number of aliphatic hydroxyl groups excluding tert-OH is 1. The molecule has 0 spiro atoms. The van der Waals surface area contributed by atoms with Crippen LogP contribution in [-0.4, -0.2) is 5.11 Å². The molecule has 1 aromatic carbocycles. The van der Waals surface area contributed by atoms with E-state index in [1.807, 2.05) is 11.4 Å². The van der Waals surface area contributed by atoms with Crippen LogP contribution in [0.4, 0.5) is 0 Å². The van der Waals surface area contributed by atoms with E-state index in [1.165, 1.54) is 22.5 Å². The highest BCUT2D eigenvalue weighted by Crippen LogP contribution is 2.31. The first kappa shape index (κ1) is 12.6. The molecule has 17 heavy (non-hydrogen) atoms. The van der Waals surface area contributed by atoms with Crippen molar-refractivity contribution in [3.63, 3.8) is 0 Å². The van der Waals surface area contributed by atoms with Gasteiger partial charge in [0.25, 0.3) is 0 Å². The van der Waals surface area contributed by atoms with Gasteiger partial charge in [-0.05, 0) is 36.8 Å². The summed E-state index contributed by atoms with van der Waals surface area (Å²) in [5.41, 5.74) is 2.52. The van der Waals surface area contributed by atoms with E-state index >= 15 is 0 Å². The second-order valence-electron chi connectivity index (χ2n) is 4.18. The normalized spacial score (nSPS) is 12.6. The average molecular weight is 267 g/mol. The molecule has 0 bridgehead atoms. The highest BCUT2D eigenvalue weighted by molar-refractivity contribution is 7.10. The number of hydrogen-bond acceptors (Lipinski definition) is 2. The molecular weight excluding hydrogens is 252 g/mol. The Hall–Kier alpha value is -0.830. The number of aliphatic hydroxyl groups is 1. The van der Waals surface area contributed by atoms with Crippen LogP contribution >= 0.6 is 22.9 Å². The number of thiophene rings is 1. The lowest BCUT2D eigenvalue weighted by Gasteiger charge is -2.09. The van der Waals surface area contributed by atoms with Crippen LogP contribution in [0, 0.1) is 6.92 Å². The molecule has 1 heterocycles. The second kappa shape index (κ2) is 5.67. The van der Waals surface area contributed by atoms with Gasteiger partial charge in [-0.2, -0.15) is 0 Å². The predicted molar refractivity (Wildman–Crippen MR) is 73.8 cm³/mol. The first-order chi connectivity index (χ1) is 8.16. The van der Waals surface area contributed by atoms with Crippen molar-refractivity contribution in [2.24, 2.45) is 0 Å². The first-order valence-electron chi connectivity index (χ1n) is 5.63. The van der Waals surface area contributed by atoms with Gasteiger partial charge in [-0.15, -0.1) is 11.3 Å². The van der Waals surface area contributed by atoms with Gasteiger partial charge in [0.2, 0.25) is 0 Å². The third-order valence-electron chi connectivity index (χ3n) is 2.74. The Bertz CT molecular complexity index is 492. The smallest absolute Gasteiger partial charge is 0.0900 e. The van der Waals surface area contributed by atoms with E-state index in [2.05, 4.69) is 31.2 Å². The van der Waals surface area contributed by atoms with E-state index in [-0.39, 0.29) is 0 Å².